The molecule has 0 atom stereocenters. The van der Waals surface area contributed by atoms with E-state index >= 15 is 0 Å². The minimum absolute atomic E-state index is 0.299. The Kier molecular flexibility index (Phi) is 4.39. The quantitative estimate of drug-likeness (QED) is 0.467. The summed E-state index contributed by atoms with van der Waals surface area (Å²) in [6, 6.07) is 3.01. The second-order valence-electron chi connectivity index (χ2n) is 3.26. The van der Waals surface area contributed by atoms with E-state index in [4.69, 9.17) is 0 Å². The summed E-state index contributed by atoms with van der Waals surface area (Å²) in [5.74, 6) is 0.411. The van der Waals surface area contributed by atoms with Crippen LogP contribution < -0.4 is 0 Å². The molecule has 7 heteroatoms. The van der Waals surface area contributed by atoms with Crippen LogP contribution in [0, 0.1) is 10.1 Å². The van der Waals surface area contributed by atoms with Crippen molar-refractivity contribution in [3.05, 3.63) is 33.9 Å². The molecule has 0 aliphatic rings. The Hall–Kier alpha value is -1.24. The molecule has 1 aromatic rings. The molecular weight excluding hydrogens is 255 g/mol. The average Bonchev–Trinajstić information content (AvgIpc) is 2.24. The predicted molar refractivity (Wildman–Crippen MR) is 59.1 cm³/mol. The van der Waals surface area contributed by atoms with E-state index in [9.17, 15) is 23.3 Å². The lowest BCUT2D eigenvalue weighted by atomic mass is 10.2. The first-order chi connectivity index (χ1) is 7.88. The second-order valence-corrected chi connectivity index (χ2v) is 4.36. The van der Waals surface area contributed by atoms with Gasteiger partial charge in [-0.3, -0.25) is 10.1 Å². The molecule has 0 aromatic heterocycles. The van der Waals surface area contributed by atoms with Gasteiger partial charge in [-0.2, -0.15) is 13.2 Å². The van der Waals surface area contributed by atoms with Gasteiger partial charge in [0.05, 0.1) is 15.4 Å². The number of halogens is 3. The molecule has 0 saturated carbocycles. The van der Waals surface area contributed by atoms with Crippen molar-refractivity contribution in [2.45, 2.75) is 24.4 Å². The molecule has 0 heterocycles. The number of alkyl halides is 3. The van der Waals surface area contributed by atoms with Gasteiger partial charge in [0.15, 0.2) is 0 Å². The molecule has 1 rings (SSSR count). The minimum Gasteiger partial charge on any atom is -0.258 e. The van der Waals surface area contributed by atoms with Crippen molar-refractivity contribution in [1.29, 1.82) is 0 Å². The van der Waals surface area contributed by atoms with Crippen molar-refractivity contribution < 1.29 is 18.1 Å². The Morgan fingerprint density at radius 2 is 2.06 bits per heavy atom. The Labute approximate surface area is 100 Å². The van der Waals surface area contributed by atoms with Crippen molar-refractivity contribution in [1.82, 2.24) is 0 Å². The standard InChI is InChI=1S/C10H10F3NO2S/c1-2-6-17-9-7(10(11,12)13)4-3-5-8(9)14(15)16/h3-5H,2,6H2,1H3. The zero-order valence-corrected chi connectivity index (χ0v) is 9.77. The highest BCUT2D eigenvalue weighted by Crippen LogP contribution is 2.41. The van der Waals surface area contributed by atoms with Gasteiger partial charge in [-0.15, -0.1) is 11.8 Å². The molecule has 0 saturated heterocycles. The lowest BCUT2D eigenvalue weighted by molar-refractivity contribution is -0.388. The Morgan fingerprint density at radius 3 is 2.53 bits per heavy atom. The predicted octanol–water partition coefficient (Wildman–Crippen LogP) is 4.12. The molecule has 0 spiro atoms. The molecule has 3 nitrogen and oxygen atoms in total. The Morgan fingerprint density at radius 1 is 1.41 bits per heavy atom. The maximum atomic E-state index is 12.7. The van der Waals surface area contributed by atoms with Crippen LogP contribution in [0.5, 0.6) is 0 Å². The van der Waals surface area contributed by atoms with E-state index in [1.165, 1.54) is 0 Å². The van der Waals surface area contributed by atoms with Crippen molar-refractivity contribution in [3.63, 3.8) is 0 Å². The summed E-state index contributed by atoms with van der Waals surface area (Å²) in [6.07, 6.45) is -3.92. The van der Waals surface area contributed by atoms with E-state index < -0.39 is 22.4 Å². The number of thioether (sulfide) groups is 1. The number of nitrogens with zero attached hydrogens (tertiary/aromatic N) is 1. The fourth-order valence-corrected chi connectivity index (χ4v) is 2.29. The van der Waals surface area contributed by atoms with Crippen LogP contribution in [0.2, 0.25) is 0 Å². The normalized spacial score (nSPS) is 11.5. The first kappa shape index (κ1) is 13.8. The number of benzene rings is 1. The van der Waals surface area contributed by atoms with Crippen LogP contribution in [0.25, 0.3) is 0 Å². The third-order valence-electron chi connectivity index (χ3n) is 1.95. The molecule has 0 bridgehead atoms. The molecular formula is C10H10F3NO2S. The van der Waals surface area contributed by atoms with E-state index in [1.54, 1.807) is 6.92 Å². The third-order valence-corrected chi connectivity index (χ3v) is 3.28. The molecule has 0 N–H and O–H groups in total. The number of hydrogen-bond donors (Lipinski definition) is 0. The van der Waals surface area contributed by atoms with E-state index in [0.717, 1.165) is 30.0 Å². The minimum atomic E-state index is -4.57. The summed E-state index contributed by atoms with van der Waals surface area (Å²) in [6.45, 7) is 1.80. The number of hydrogen-bond acceptors (Lipinski definition) is 3. The van der Waals surface area contributed by atoms with Gasteiger partial charge in [-0.25, -0.2) is 0 Å². The van der Waals surface area contributed by atoms with Crippen LogP contribution in [-0.4, -0.2) is 10.7 Å². The highest BCUT2D eigenvalue weighted by atomic mass is 32.2. The summed E-state index contributed by atoms with van der Waals surface area (Å²) in [5.41, 5.74) is -1.43. The smallest absolute Gasteiger partial charge is 0.258 e. The molecule has 17 heavy (non-hydrogen) atoms. The van der Waals surface area contributed by atoms with Crippen molar-refractivity contribution in [2.24, 2.45) is 0 Å². The fraction of sp³-hybridized carbons (Fsp3) is 0.400. The first-order valence-corrected chi connectivity index (χ1v) is 5.84. The van der Waals surface area contributed by atoms with Crippen LogP contribution in [0.4, 0.5) is 18.9 Å². The van der Waals surface area contributed by atoms with Gasteiger partial charge >= 0.3 is 6.18 Å². The van der Waals surface area contributed by atoms with Crippen LogP contribution in [-0.2, 0) is 6.18 Å². The summed E-state index contributed by atoms with van der Waals surface area (Å²) in [7, 11) is 0. The molecule has 0 aliphatic heterocycles. The molecule has 0 fully saturated rings. The van der Waals surface area contributed by atoms with Crippen molar-refractivity contribution >= 4 is 17.4 Å². The molecule has 94 valence electrons. The average molecular weight is 265 g/mol. The first-order valence-electron chi connectivity index (χ1n) is 4.85. The zero-order valence-electron chi connectivity index (χ0n) is 8.95. The molecule has 0 radical (unpaired) electrons. The van der Waals surface area contributed by atoms with Crippen LogP contribution in [0.1, 0.15) is 18.9 Å². The highest BCUT2D eigenvalue weighted by Gasteiger charge is 2.36. The van der Waals surface area contributed by atoms with Gasteiger partial charge < -0.3 is 0 Å². The lowest BCUT2D eigenvalue weighted by Crippen LogP contribution is -2.08. The third kappa shape index (κ3) is 3.36. The molecule has 0 unspecified atom stereocenters. The largest absolute Gasteiger partial charge is 0.417 e. The number of rotatable bonds is 4. The second kappa shape index (κ2) is 5.39. The van der Waals surface area contributed by atoms with Crippen LogP contribution in [0.3, 0.4) is 0 Å². The van der Waals surface area contributed by atoms with Gasteiger partial charge in [-0.05, 0) is 18.2 Å². The monoisotopic (exact) mass is 265 g/mol. The van der Waals surface area contributed by atoms with E-state index in [-0.39, 0.29) is 4.90 Å². The van der Waals surface area contributed by atoms with Gasteiger partial charge in [-0.1, -0.05) is 13.0 Å². The molecule has 0 amide bonds. The molecule has 1 aromatic carbocycles. The SMILES string of the molecule is CCCSc1c([N+](=O)[O-])cccc1C(F)(F)F. The topological polar surface area (TPSA) is 43.1 Å². The van der Waals surface area contributed by atoms with Gasteiger partial charge in [0.2, 0.25) is 0 Å². The van der Waals surface area contributed by atoms with Gasteiger partial charge in [0.25, 0.3) is 5.69 Å². The van der Waals surface area contributed by atoms with Crippen LogP contribution in [0.15, 0.2) is 23.1 Å². The lowest BCUT2D eigenvalue weighted by Gasteiger charge is -2.11. The van der Waals surface area contributed by atoms with Crippen molar-refractivity contribution in [2.75, 3.05) is 5.75 Å². The van der Waals surface area contributed by atoms with Gasteiger partial charge in [0, 0.05) is 6.07 Å². The van der Waals surface area contributed by atoms with E-state index in [0.29, 0.717) is 12.2 Å². The van der Waals surface area contributed by atoms with E-state index in [2.05, 4.69) is 0 Å². The fourth-order valence-electron chi connectivity index (χ4n) is 1.25. The Balaban J connectivity index is 3.29. The Bertz CT molecular complexity index is 421. The maximum Gasteiger partial charge on any atom is 0.417 e. The van der Waals surface area contributed by atoms with Gasteiger partial charge in [0.1, 0.15) is 0 Å². The number of nitro benzene ring substituents is 1. The highest BCUT2D eigenvalue weighted by molar-refractivity contribution is 7.99. The summed E-state index contributed by atoms with van der Waals surface area (Å²) in [4.78, 5) is 9.61. The summed E-state index contributed by atoms with van der Waals surface area (Å²) >= 11 is 0.867. The van der Waals surface area contributed by atoms with Crippen molar-refractivity contribution in [3.8, 4) is 0 Å². The number of nitro groups is 1. The van der Waals surface area contributed by atoms with E-state index in [1.807, 2.05) is 0 Å². The summed E-state index contributed by atoms with van der Waals surface area (Å²) < 4.78 is 38.0. The summed E-state index contributed by atoms with van der Waals surface area (Å²) in [5, 5.41) is 10.7. The maximum absolute atomic E-state index is 12.7. The van der Waals surface area contributed by atoms with Crippen LogP contribution >= 0.6 is 11.8 Å². The molecule has 0 aliphatic carbocycles. The zero-order chi connectivity index (χ0) is 13.1.